The Hall–Kier alpha value is -1.92. The summed E-state index contributed by atoms with van der Waals surface area (Å²) < 4.78 is 5.95. The summed E-state index contributed by atoms with van der Waals surface area (Å²) in [6.07, 6.45) is 17.8. The van der Waals surface area contributed by atoms with Gasteiger partial charge in [0.2, 0.25) is 0 Å². The minimum atomic E-state index is -2.14. The molecule has 10 nitrogen and oxygen atoms in total. The molecule has 10 heteroatoms. The number of esters is 1. The number of carbonyl (C=O) groups is 2. The highest BCUT2D eigenvalue weighted by Crippen LogP contribution is 2.76. The van der Waals surface area contributed by atoms with Crippen LogP contribution in [-0.4, -0.2) is 99.6 Å². The van der Waals surface area contributed by atoms with E-state index in [9.17, 15) is 35.1 Å². The minimum Gasteiger partial charge on any atom is -0.450 e. The molecule has 9 rings (SSSR count). The van der Waals surface area contributed by atoms with Crippen LogP contribution in [0.15, 0.2) is 35.5 Å². The van der Waals surface area contributed by atoms with Crippen LogP contribution in [0.2, 0.25) is 0 Å². The zero-order chi connectivity index (χ0) is 40.1. The number of hydrogen-bond donors (Lipinski definition) is 7. The molecule has 6 saturated carbocycles. The van der Waals surface area contributed by atoms with Crippen LogP contribution in [-0.2, 0) is 14.3 Å². The number of aliphatic hydroxyl groups is 5. The smallest absolute Gasteiger partial charge is 0.331 e. The lowest BCUT2D eigenvalue weighted by molar-refractivity contribution is -0.377. The molecule has 7 N–H and O–H groups in total. The lowest BCUT2D eigenvalue weighted by Crippen LogP contribution is -2.85. The standard InChI is InChI=1S/C47H70N2O8/c1-4-5-6-12-29-23-44(26-50)37-15-16-43(2)39-30(19-31(25-49-18-17-48-3)41-34(39)22-38(51)57-41)24-45(43,54)47(37,56)42(53)36-21-33-28(20-35(40(29)52)46(36,44)55)13-9-14-32(33)27-10-7-8-11-27/h9,13,19,22,26-30,32-33,35-37,39-42,48-49,52-56H,4-8,10-12,14-18,20-21,23-25H2,1-3H3/t28-,29-,30-,32-,33+,35-,36+,37-,39-,40+,41-,42+,43-,44+,45-,46-,47-/m1/s1. The van der Waals surface area contributed by atoms with Crippen molar-refractivity contribution in [1.82, 2.24) is 10.6 Å². The Balaban J connectivity index is 1.18. The monoisotopic (exact) mass is 791 g/mol. The number of hydrogen-bond acceptors (Lipinski definition) is 10. The summed E-state index contributed by atoms with van der Waals surface area (Å²) in [6, 6.07) is 0. The second-order valence-corrected chi connectivity index (χ2v) is 20.8. The van der Waals surface area contributed by atoms with Gasteiger partial charge >= 0.3 is 5.97 Å². The van der Waals surface area contributed by atoms with E-state index >= 15 is 0 Å². The second kappa shape index (κ2) is 14.6. The van der Waals surface area contributed by atoms with Gasteiger partial charge in [-0.25, -0.2) is 4.79 Å². The Morgan fingerprint density at radius 3 is 2.49 bits per heavy atom. The van der Waals surface area contributed by atoms with Crippen molar-refractivity contribution in [3.05, 3.63) is 35.5 Å². The van der Waals surface area contributed by atoms with Gasteiger partial charge in [0.05, 0.1) is 23.2 Å². The highest BCUT2D eigenvalue weighted by atomic mass is 16.5. The maximum absolute atomic E-state index is 14.4. The third kappa shape index (κ3) is 5.45. The first kappa shape index (κ1) is 40.5. The highest BCUT2D eigenvalue weighted by molar-refractivity contribution is 5.87. The molecule has 0 aromatic carbocycles. The summed E-state index contributed by atoms with van der Waals surface area (Å²) in [7, 11) is 1.90. The van der Waals surface area contributed by atoms with Gasteiger partial charge in [0, 0.05) is 48.9 Å². The molecule has 17 atom stereocenters. The quantitative estimate of drug-likeness (QED) is 0.0691. The van der Waals surface area contributed by atoms with Gasteiger partial charge in [-0.05, 0) is 111 Å². The fraction of sp³-hybridized carbons (Fsp3) is 0.830. The number of aldehydes is 1. The van der Waals surface area contributed by atoms with Gasteiger partial charge in [-0.3, -0.25) is 0 Å². The molecule has 1 heterocycles. The van der Waals surface area contributed by atoms with Gasteiger partial charge in [0.15, 0.2) is 0 Å². The fourth-order valence-corrected chi connectivity index (χ4v) is 16.3. The second-order valence-electron chi connectivity index (χ2n) is 20.8. The average molecular weight is 791 g/mol. The van der Waals surface area contributed by atoms with Crippen LogP contribution in [0.3, 0.4) is 0 Å². The van der Waals surface area contributed by atoms with Crippen molar-refractivity contribution < 1.29 is 39.9 Å². The van der Waals surface area contributed by atoms with Crippen molar-refractivity contribution in [3.8, 4) is 0 Å². The van der Waals surface area contributed by atoms with Crippen LogP contribution in [0, 0.1) is 70.0 Å². The van der Waals surface area contributed by atoms with Crippen LogP contribution in [0.1, 0.15) is 110 Å². The maximum Gasteiger partial charge on any atom is 0.331 e. The van der Waals surface area contributed by atoms with E-state index in [0.717, 1.165) is 62.6 Å². The topological polar surface area (TPSA) is 169 Å². The molecule has 0 bridgehead atoms. The molecule has 0 amide bonds. The van der Waals surface area contributed by atoms with Crippen LogP contribution in [0.4, 0.5) is 0 Å². The van der Waals surface area contributed by atoms with E-state index in [0.29, 0.717) is 44.1 Å². The largest absolute Gasteiger partial charge is 0.450 e. The number of likely N-dealkylation sites (N-methyl/N-ethyl adjacent to an activating group) is 1. The summed E-state index contributed by atoms with van der Waals surface area (Å²) in [6.45, 7) is 6.18. The molecule has 0 aromatic heterocycles. The molecule has 6 fully saturated rings. The van der Waals surface area contributed by atoms with Crippen molar-refractivity contribution in [2.75, 3.05) is 26.7 Å². The molecular weight excluding hydrogens is 721 g/mol. The normalized spacial score (nSPS) is 51.0. The van der Waals surface area contributed by atoms with Crippen molar-refractivity contribution in [1.29, 1.82) is 0 Å². The van der Waals surface area contributed by atoms with E-state index in [1.807, 2.05) is 14.0 Å². The number of allylic oxidation sites excluding steroid dienone is 3. The van der Waals surface area contributed by atoms with Gasteiger partial charge < -0.3 is 45.7 Å². The van der Waals surface area contributed by atoms with Gasteiger partial charge in [0.1, 0.15) is 23.6 Å². The molecule has 0 aromatic rings. The lowest BCUT2D eigenvalue weighted by atomic mass is 9.34. The first-order chi connectivity index (χ1) is 27.3. The summed E-state index contributed by atoms with van der Waals surface area (Å²) in [5.41, 5.74) is -6.45. The predicted molar refractivity (Wildman–Crippen MR) is 215 cm³/mol. The molecule has 0 spiro atoms. The summed E-state index contributed by atoms with van der Waals surface area (Å²) in [4.78, 5) is 27.4. The summed E-state index contributed by atoms with van der Waals surface area (Å²) in [5, 5.41) is 73.9. The third-order valence-electron chi connectivity index (χ3n) is 18.7. The van der Waals surface area contributed by atoms with Crippen LogP contribution in [0.25, 0.3) is 0 Å². The molecular formula is C47H70N2O8. The Morgan fingerprint density at radius 2 is 1.75 bits per heavy atom. The molecule has 0 radical (unpaired) electrons. The zero-order valence-corrected chi connectivity index (χ0v) is 34.6. The Morgan fingerprint density at radius 1 is 0.965 bits per heavy atom. The van der Waals surface area contributed by atoms with Gasteiger partial charge in [-0.15, -0.1) is 0 Å². The first-order valence-electron chi connectivity index (χ1n) is 23.0. The number of nitrogens with one attached hydrogen (secondary N) is 2. The van der Waals surface area contributed by atoms with Crippen LogP contribution >= 0.6 is 0 Å². The van der Waals surface area contributed by atoms with Crippen molar-refractivity contribution in [3.63, 3.8) is 0 Å². The summed E-state index contributed by atoms with van der Waals surface area (Å²) in [5.74, 6) is -2.63. The van der Waals surface area contributed by atoms with Gasteiger partial charge in [-0.2, -0.15) is 0 Å². The van der Waals surface area contributed by atoms with E-state index in [1.165, 1.54) is 25.7 Å². The number of carbonyl (C=O) groups excluding carboxylic acids is 2. The Labute approximate surface area is 339 Å². The fourth-order valence-electron chi connectivity index (χ4n) is 16.3. The van der Waals surface area contributed by atoms with Gasteiger partial charge in [-0.1, -0.05) is 77.0 Å². The molecule has 57 heavy (non-hydrogen) atoms. The number of aliphatic hydroxyl groups excluding tert-OH is 2. The number of rotatable bonds is 11. The van der Waals surface area contributed by atoms with E-state index in [4.69, 9.17) is 4.74 Å². The molecule has 0 unspecified atom stereocenters. The van der Waals surface area contributed by atoms with Gasteiger partial charge in [0.25, 0.3) is 0 Å². The molecule has 8 aliphatic carbocycles. The van der Waals surface area contributed by atoms with Crippen LogP contribution in [0.5, 0.6) is 0 Å². The SMILES string of the molecule is CCCCC[C@@H]1C[C@]2(C=O)[C@H]3CC[C@]4(C)[C@H]5C6=CC(=O)O[C@@H]6C(CNCCNC)=C[C@@H]5C[C@]4(O)[C@]3(O)[C@@H](O)[C@@H]3C[C@H]4[C@H](C=CC[C@@H]4C4CCCC4)C[C@H]([C@H]1O)[C@@]32O. The van der Waals surface area contributed by atoms with Crippen molar-refractivity contribution in [2.24, 2.45) is 70.0 Å². The maximum atomic E-state index is 14.4. The Bertz CT molecular complexity index is 1680. The minimum absolute atomic E-state index is 0.0815. The average Bonchev–Trinajstić information content (AvgIpc) is 3.90. The van der Waals surface area contributed by atoms with Crippen LogP contribution < -0.4 is 10.6 Å². The number of unbranched alkanes of at least 4 members (excludes halogenated alkanes) is 2. The van der Waals surface area contributed by atoms with E-state index in [-0.39, 0.29) is 42.4 Å². The molecule has 1 aliphatic heterocycles. The van der Waals surface area contributed by atoms with E-state index in [1.54, 1.807) is 6.08 Å². The van der Waals surface area contributed by atoms with Crippen molar-refractivity contribution in [2.45, 2.75) is 145 Å². The number of fused-ring (bicyclic) bond motifs is 9. The zero-order valence-electron chi connectivity index (χ0n) is 34.6. The van der Waals surface area contributed by atoms with E-state index < -0.39 is 69.7 Å². The van der Waals surface area contributed by atoms with Crippen molar-refractivity contribution >= 4 is 12.3 Å². The lowest BCUT2D eigenvalue weighted by Gasteiger charge is -2.73. The third-order valence-corrected chi connectivity index (χ3v) is 18.7. The predicted octanol–water partition coefficient (Wildman–Crippen LogP) is 4.38. The molecule has 9 aliphatic rings. The highest BCUT2D eigenvalue weighted by Gasteiger charge is 2.85. The Kier molecular flexibility index (Phi) is 10.4. The first-order valence-corrected chi connectivity index (χ1v) is 23.0. The summed E-state index contributed by atoms with van der Waals surface area (Å²) >= 11 is 0. The molecule has 316 valence electrons. The molecule has 0 saturated heterocycles. The van der Waals surface area contributed by atoms with E-state index in [2.05, 4.69) is 35.8 Å². The number of ether oxygens (including phenoxy) is 1.